The van der Waals surface area contributed by atoms with Gasteiger partial charge >= 0.3 is 0 Å². The highest BCUT2D eigenvalue weighted by molar-refractivity contribution is 6.74. The average molecular weight is 331 g/mol. The van der Waals surface area contributed by atoms with E-state index in [9.17, 15) is 5.11 Å². The fraction of sp³-hybridized carbons (Fsp3) is 0.500. The third-order valence-corrected chi connectivity index (χ3v) is 9.47. The molecule has 1 atom stereocenters. The summed E-state index contributed by atoms with van der Waals surface area (Å²) in [4.78, 5) is 0. The highest BCUT2D eigenvalue weighted by Gasteiger charge is 2.37. The van der Waals surface area contributed by atoms with Crippen LogP contribution in [0.5, 0.6) is 0 Å². The lowest BCUT2D eigenvalue weighted by molar-refractivity contribution is 0.100. The van der Waals surface area contributed by atoms with Gasteiger partial charge in [0, 0.05) is 6.42 Å². The Bertz CT molecular complexity index is 671. The minimum absolute atomic E-state index is 0.174. The van der Waals surface area contributed by atoms with Crippen LogP contribution >= 0.6 is 0 Å². The molecule has 0 saturated carbocycles. The van der Waals surface area contributed by atoms with Crippen molar-refractivity contribution in [3.63, 3.8) is 0 Å². The summed E-state index contributed by atoms with van der Waals surface area (Å²) in [7, 11) is -1.79. The fourth-order valence-electron chi connectivity index (χ4n) is 2.39. The van der Waals surface area contributed by atoms with Crippen molar-refractivity contribution in [1.29, 1.82) is 0 Å². The molecule has 3 heteroatoms. The standard InChI is InChI=1S/C20H30O2Si/c1-15-7-9-18-12-16(8-10-17(18)11-15)13-19(21)14-22-23(5,6)20(2,3)4/h7-12,19,21H,13-14H2,1-6H3. The largest absolute Gasteiger partial charge is 0.414 e. The molecule has 2 aromatic rings. The SMILES string of the molecule is Cc1ccc2cc(CC(O)CO[Si](C)(C)C(C)(C)C)ccc2c1. The van der Waals surface area contributed by atoms with Gasteiger partial charge in [-0.25, -0.2) is 0 Å². The number of aryl methyl sites for hydroxylation is 1. The predicted molar refractivity (Wildman–Crippen MR) is 102 cm³/mol. The summed E-state index contributed by atoms with van der Waals surface area (Å²) in [6, 6.07) is 12.9. The minimum atomic E-state index is -1.79. The first kappa shape index (κ1) is 18.2. The van der Waals surface area contributed by atoms with E-state index in [1.54, 1.807) is 0 Å². The molecule has 0 radical (unpaired) electrons. The van der Waals surface area contributed by atoms with Crippen molar-refractivity contribution in [3.8, 4) is 0 Å². The normalized spacial score (nSPS) is 14.2. The monoisotopic (exact) mass is 330 g/mol. The number of benzene rings is 2. The Balaban J connectivity index is 2.00. The van der Waals surface area contributed by atoms with E-state index in [2.05, 4.69) is 77.2 Å². The maximum Gasteiger partial charge on any atom is 0.192 e. The molecule has 0 aliphatic heterocycles. The zero-order chi connectivity index (χ0) is 17.3. The van der Waals surface area contributed by atoms with Crippen molar-refractivity contribution in [2.45, 2.75) is 58.4 Å². The summed E-state index contributed by atoms with van der Waals surface area (Å²) in [6.07, 6.45) is 0.186. The lowest BCUT2D eigenvalue weighted by atomic mass is 10.0. The summed E-state index contributed by atoms with van der Waals surface area (Å²) >= 11 is 0. The van der Waals surface area contributed by atoms with Crippen LogP contribution in [0, 0.1) is 6.92 Å². The van der Waals surface area contributed by atoms with Gasteiger partial charge in [0.05, 0.1) is 12.7 Å². The van der Waals surface area contributed by atoms with Crippen molar-refractivity contribution in [2.24, 2.45) is 0 Å². The number of fused-ring (bicyclic) bond motifs is 1. The Labute approximate surface area is 141 Å². The molecule has 0 amide bonds. The fourth-order valence-corrected chi connectivity index (χ4v) is 3.44. The molecule has 0 saturated heterocycles. The number of hydrogen-bond donors (Lipinski definition) is 1. The second-order valence-corrected chi connectivity index (χ2v) is 12.9. The first-order chi connectivity index (χ1) is 10.6. The van der Waals surface area contributed by atoms with Crippen LogP contribution in [0.15, 0.2) is 36.4 Å². The zero-order valence-electron chi connectivity index (χ0n) is 15.3. The van der Waals surface area contributed by atoms with Crippen molar-refractivity contribution in [3.05, 3.63) is 47.5 Å². The summed E-state index contributed by atoms with van der Waals surface area (Å²) in [5.74, 6) is 0. The maximum atomic E-state index is 10.3. The Morgan fingerprint density at radius 1 is 1.04 bits per heavy atom. The average Bonchev–Trinajstić information content (AvgIpc) is 2.44. The van der Waals surface area contributed by atoms with E-state index in [4.69, 9.17) is 4.43 Å². The first-order valence-corrected chi connectivity index (χ1v) is 11.3. The number of aliphatic hydroxyl groups is 1. The highest BCUT2D eigenvalue weighted by Crippen LogP contribution is 2.36. The van der Waals surface area contributed by atoms with E-state index < -0.39 is 14.4 Å². The molecule has 0 spiro atoms. The number of hydrogen-bond acceptors (Lipinski definition) is 2. The molecule has 0 aliphatic rings. The van der Waals surface area contributed by atoms with Gasteiger partial charge in [0.25, 0.3) is 0 Å². The maximum absolute atomic E-state index is 10.3. The molecule has 23 heavy (non-hydrogen) atoms. The van der Waals surface area contributed by atoms with Gasteiger partial charge in [-0.1, -0.05) is 62.7 Å². The van der Waals surface area contributed by atoms with Gasteiger partial charge in [-0.2, -0.15) is 0 Å². The molecule has 0 aliphatic carbocycles. The smallest absolute Gasteiger partial charge is 0.192 e. The van der Waals surface area contributed by atoms with Crippen LogP contribution in [-0.4, -0.2) is 26.1 Å². The highest BCUT2D eigenvalue weighted by atomic mass is 28.4. The van der Waals surface area contributed by atoms with Crippen molar-refractivity contribution < 1.29 is 9.53 Å². The van der Waals surface area contributed by atoms with Crippen LogP contribution in [-0.2, 0) is 10.8 Å². The molecule has 2 rings (SSSR count). The lowest BCUT2D eigenvalue weighted by Gasteiger charge is -2.36. The van der Waals surface area contributed by atoms with Gasteiger partial charge in [-0.05, 0) is 41.4 Å². The van der Waals surface area contributed by atoms with Crippen molar-refractivity contribution in [2.75, 3.05) is 6.61 Å². The topological polar surface area (TPSA) is 29.5 Å². The van der Waals surface area contributed by atoms with E-state index >= 15 is 0 Å². The number of rotatable bonds is 5. The van der Waals surface area contributed by atoms with Crippen LogP contribution in [0.4, 0.5) is 0 Å². The summed E-state index contributed by atoms with van der Waals surface area (Å²) in [6.45, 7) is 13.6. The molecular formula is C20H30O2Si. The molecule has 1 unspecified atom stereocenters. The number of aliphatic hydroxyl groups excluding tert-OH is 1. The second kappa shape index (κ2) is 6.76. The molecule has 0 aromatic heterocycles. The molecular weight excluding hydrogens is 300 g/mol. The predicted octanol–water partition coefficient (Wildman–Crippen LogP) is 5.07. The zero-order valence-corrected chi connectivity index (χ0v) is 16.3. The van der Waals surface area contributed by atoms with E-state index in [1.807, 2.05) is 0 Å². The van der Waals surface area contributed by atoms with Crippen LogP contribution in [0.2, 0.25) is 18.1 Å². The van der Waals surface area contributed by atoms with E-state index in [0.29, 0.717) is 13.0 Å². The lowest BCUT2D eigenvalue weighted by Crippen LogP contribution is -2.42. The van der Waals surface area contributed by atoms with E-state index in [-0.39, 0.29) is 5.04 Å². The van der Waals surface area contributed by atoms with Gasteiger partial charge in [0.15, 0.2) is 8.32 Å². The van der Waals surface area contributed by atoms with Gasteiger partial charge in [0.1, 0.15) is 0 Å². The molecule has 2 nitrogen and oxygen atoms in total. The Kier molecular flexibility index (Phi) is 5.34. The van der Waals surface area contributed by atoms with E-state index in [1.165, 1.54) is 16.3 Å². The molecule has 2 aromatic carbocycles. The molecule has 0 heterocycles. The second-order valence-electron chi connectivity index (χ2n) is 8.11. The summed E-state index contributed by atoms with van der Waals surface area (Å²) < 4.78 is 6.12. The van der Waals surface area contributed by atoms with Gasteiger partial charge in [0.2, 0.25) is 0 Å². The quantitative estimate of drug-likeness (QED) is 0.775. The molecule has 0 fully saturated rings. The van der Waals surface area contributed by atoms with E-state index in [0.717, 1.165) is 5.56 Å². The van der Waals surface area contributed by atoms with Crippen molar-refractivity contribution >= 4 is 19.1 Å². The minimum Gasteiger partial charge on any atom is -0.414 e. The van der Waals surface area contributed by atoms with Gasteiger partial charge < -0.3 is 9.53 Å². The van der Waals surface area contributed by atoms with Crippen LogP contribution < -0.4 is 0 Å². The van der Waals surface area contributed by atoms with Crippen LogP contribution in [0.1, 0.15) is 31.9 Å². The Hall–Kier alpha value is -1.16. The van der Waals surface area contributed by atoms with Gasteiger partial charge in [-0.15, -0.1) is 0 Å². The Morgan fingerprint density at radius 3 is 2.30 bits per heavy atom. The van der Waals surface area contributed by atoms with Crippen molar-refractivity contribution in [1.82, 2.24) is 0 Å². The first-order valence-electron chi connectivity index (χ1n) is 8.40. The van der Waals surface area contributed by atoms with Gasteiger partial charge in [-0.3, -0.25) is 0 Å². The van der Waals surface area contributed by atoms with Crippen LogP contribution in [0.25, 0.3) is 10.8 Å². The molecule has 0 bridgehead atoms. The summed E-state index contributed by atoms with van der Waals surface area (Å²) in [5.41, 5.74) is 2.43. The van der Waals surface area contributed by atoms with Crippen LogP contribution in [0.3, 0.4) is 0 Å². The third kappa shape index (κ3) is 4.66. The Morgan fingerprint density at radius 2 is 1.65 bits per heavy atom. The molecule has 1 N–H and O–H groups in total. The third-order valence-electron chi connectivity index (χ3n) is 4.97. The summed E-state index contributed by atoms with van der Waals surface area (Å²) in [5, 5.41) is 13.0. The molecule has 126 valence electrons.